The van der Waals surface area contributed by atoms with Crippen LogP contribution in [0.4, 0.5) is 0 Å². The fourth-order valence-corrected chi connectivity index (χ4v) is 2.43. The summed E-state index contributed by atoms with van der Waals surface area (Å²) < 4.78 is 10.7. The number of amides is 1. The van der Waals surface area contributed by atoms with Crippen molar-refractivity contribution in [1.82, 2.24) is 10.3 Å². The van der Waals surface area contributed by atoms with Gasteiger partial charge < -0.3 is 14.5 Å². The van der Waals surface area contributed by atoms with Crippen molar-refractivity contribution in [3.8, 4) is 17.2 Å². The summed E-state index contributed by atoms with van der Waals surface area (Å²) in [6.07, 6.45) is 1.62. The lowest BCUT2D eigenvalue weighted by Gasteiger charge is -2.05. The predicted octanol–water partition coefficient (Wildman–Crippen LogP) is 3.48. The molecule has 1 amide bonds. The van der Waals surface area contributed by atoms with Crippen LogP contribution in [0, 0.1) is 0 Å². The van der Waals surface area contributed by atoms with Crippen molar-refractivity contribution in [3.05, 3.63) is 71.6 Å². The van der Waals surface area contributed by atoms with Crippen LogP contribution in [0.2, 0.25) is 0 Å². The van der Waals surface area contributed by atoms with Crippen molar-refractivity contribution < 1.29 is 18.7 Å². The number of aromatic nitrogens is 1. The lowest BCUT2D eigenvalue weighted by molar-refractivity contribution is 0.0923. The maximum atomic E-state index is 12.3. The van der Waals surface area contributed by atoms with E-state index in [0.717, 1.165) is 11.1 Å². The predicted molar refractivity (Wildman–Crippen MR) is 96.1 cm³/mol. The first-order chi connectivity index (χ1) is 12.6. The van der Waals surface area contributed by atoms with Crippen molar-refractivity contribution in [1.29, 1.82) is 0 Å². The number of ether oxygens (including phenoxy) is 1. The highest BCUT2D eigenvalue weighted by molar-refractivity contribution is 5.94. The van der Waals surface area contributed by atoms with E-state index in [9.17, 15) is 9.59 Å². The molecule has 0 atom stereocenters. The van der Waals surface area contributed by atoms with Crippen LogP contribution in [0.1, 0.15) is 33.4 Å². The highest BCUT2D eigenvalue weighted by Gasteiger charge is 2.12. The van der Waals surface area contributed by atoms with Gasteiger partial charge in [0.15, 0.2) is 11.5 Å². The number of carbonyl (C=O) groups excluding carboxylic acids is 2. The van der Waals surface area contributed by atoms with E-state index >= 15 is 0 Å². The maximum absolute atomic E-state index is 12.3. The van der Waals surface area contributed by atoms with E-state index in [0.29, 0.717) is 23.7 Å². The molecule has 0 radical (unpaired) electrons. The quantitative estimate of drug-likeness (QED) is 0.688. The minimum Gasteiger partial charge on any atom is -0.481 e. The second-order valence-corrected chi connectivity index (χ2v) is 5.69. The molecule has 3 rings (SSSR count). The summed E-state index contributed by atoms with van der Waals surface area (Å²) in [5.74, 6) is 0.967. The highest BCUT2D eigenvalue weighted by atomic mass is 16.5. The summed E-state index contributed by atoms with van der Waals surface area (Å²) in [5, 5.41) is 2.79. The zero-order valence-electron chi connectivity index (χ0n) is 14.5. The smallest absolute Gasteiger partial charge is 0.287 e. The Labute approximate surface area is 150 Å². The topological polar surface area (TPSA) is 81.4 Å². The molecule has 0 unspecified atom stereocenters. The summed E-state index contributed by atoms with van der Waals surface area (Å²) in [7, 11) is 1.54. The Bertz CT molecular complexity index is 929. The molecule has 132 valence electrons. The zero-order valence-corrected chi connectivity index (χ0v) is 14.5. The standard InChI is InChI=1S/C20H18N2O4/c1-13(23)15-3-5-16(6-4-15)17-7-8-18(26-17)20(24)22-12-14-9-10-21-19(11-14)25-2/h3-11H,12H2,1-2H3,(H,22,24). The van der Waals surface area contributed by atoms with Gasteiger partial charge in [-0.2, -0.15) is 0 Å². The fourth-order valence-electron chi connectivity index (χ4n) is 2.43. The largest absolute Gasteiger partial charge is 0.481 e. The first-order valence-corrected chi connectivity index (χ1v) is 8.05. The lowest BCUT2D eigenvalue weighted by Crippen LogP contribution is -2.22. The van der Waals surface area contributed by atoms with Gasteiger partial charge >= 0.3 is 0 Å². The third kappa shape index (κ3) is 3.97. The highest BCUT2D eigenvalue weighted by Crippen LogP contribution is 2.23. The number of Topliss-reactive ketones (excluding diaryl/α,β-unsaturated/α-hetero) is 1. The van der Waals surface area contributed by atoms with Crippen molar-refractivity contribution in [2.45, 2.75) is 13.5 Å². The van der Waals surface area contributed by atoms with Crippen LogP contribution in [0.15, 0.2) is 59.1 Å². The molecule has 2 heterocycles. The number of rotatable bonds is 6. The van der Waals surface area contributed by atoms with Gasteiger partial charge in [0.2, 0.25) is 5.88 Å². The number of ketones is 1. The molecule has 0 spiro atoms. The second-order valence-electron chi connectivity index (χ2n) is 5.69. The van der Waals surface area contributed by atoms with Gasteiger partial charge in [-0.25, -0.2) is 4.98 Å². The monoisotopic (exact) mass is 350 g/mol. The summed E-state index contributed by atoms with van der Waals surface area (Å²) in [4.78, 5) is 27.6. The summed E-state index contributed by atoms with van der Waals surface area (Å²) in [6.45, 7) is 1.85. The van der Waals surface area contributed by atoms with Gasteiger partial charge in [-0.3, -0.25) is 9.59 Å². The van der Waals surface area contributed by atoms with Crippen LogP contribution in [-0.4, -0.2) is 23.8 Å². The summed E-state index contributed by atoms with van der Waals surface area (Å²) in [5.41, 5.74) is 2.30. The molecule has 1 N–H and O–H groups in total. The molecule has 0 saturated carbocycles. The van der Waals surface area contributed by atoms with Crippen LogP contribution < -0.4 is 10.1 Å². The number of benzene rings is 1. The van der Waals surface area contributed by atoms with Crippen LogP contribution in [0.25, 0.3) is 11.3 Å². The van der Waals surface area contributed by atoms with Gasteiger partial charge in [-0.1, -0.05) is 24.3 Å². The average molecular weight is 350 g/mol. The van der Waals surface area contributed by atoms with E-state index in [1.807, 2.05) is 0 Å². The Morgan fingerprint density at radius 2 is 1.88 bits per heavy atom. The third-order valence-electron chi connectivity index (χ3n) is 3.87. The second kappa shape index (κ2) is 7.65. The number of pyridine rings is 1. The Balaban J connectivity index is 1.66. The molecule has 1 aromatic carbocycles. The minimum atomic E-state index is -0.313. The Hall–Kier alpha value is -3.41. The van der Waals surface area contributed by atoms with Crippen molar-refractivity contribution in [2.24, 2.45) is 0 Å². The number of methoxy groups -OCH3 is 1. The Morgan fingerprint density at radius 1 is 1.12 bits per heavy atom. The van der Waals surface area contributed by atoms with Crippen LogP contribution in [0.3, 0.4) is 0 Å². The molecule has 0 saturated heterocycles. The van der Waals surface area contributed by atoms with Crippen molar-refractivity contribution in [3.63, 3.8) is 0 Å². The van der Waals surface area contributed by atoms with Gasteiger partial charge in [0.1, 0.15) is 5.76 Å². The third-order valence-corrected chi connectivity index (χ3v) is 3.87. The fraction of sp³-hybridized carbons (Fsp3) is 0.150. The first kappa shape index (κ1) is 17.4. The van der Waals surface area contributed by atoms with Gasteiger partial charge in [0.05, 0.1) is 7.11 Å². The van der Waals surface area contributed by atoms with Gasteiger partial charge in [-0.05, 0) is 30.7 Å². The van der Waals surface area contributed by atoms with Gasteiger partial charge in [0.25, 0.3) is 5.91 Å². The molecule has 0 aliphatic heterocycles. The number of hydrogen-bond donors (Lipinski definition) is 1. The van der Waals surface area contributed by atoms with Crippen LogP contribution >= 0.6 is 0 Å². The number of nitrogens with one attached hydrogen (secondary N) is 1. The molecular weight excluding hydrogens is 332 g/mol. The summed E-state index contributed by atoms with van der Waals surface area (Å²) >= 11 is 0. The normalized spacial score (nSPS) is 10.4. The molecule has 0 aliphatic rings. The van der Waals surface area contributed by atoms with Gasteiger partial charge in [0, 0.05) is 29.9 Å². The van der Waals surface area contributed by atoms with Crippen molar-refractivity contribution >= 4 is 11.7 Å². The lowest BCUT2D eigenvalue weighted by atomic mass is 10.1. The zero-order chi connectivity index (χ0) is 18.5. The molecule has 2 aromatic heterocycles. The van der Waals surface area contributed by atoms with E-state index in [2.05, 4.69) is 10.3 Å². The number of nitrogens with zero attached hydrogens (tertiary/aromatic N) is 1. The molecule has 6 nitrogen and oxygen atoms in total. The Kier molecular flexibility index (Phi) is 5.12. The van der Waals surface area contributed by atoms with E-state index in [1.54, 1.807) is 54.7 Å². The molecule has 0 fully saturated rings. The van der Waals surface area contributed by atoms with Gasteiger partial charge in [-0.15, -0.1) is 0 Å². The SMILES string of the molecule is COc1cc(CNC(=O)c2ccc(-c3ccc(C(C)=O)cc3)o2)ccn1. The number of furan rings is 1. The van der Waals surface area contributed by atoms with E-state index < -0.39 is 0 Å². The number of carbonyl (C=O) groups is 2. The molecule has 26 heavy (non-hydrogen) atoms. The number of hydrogen-bond acceptors (Lipinski definition) is 5. The molecule has 3 aromatic rings. The molecule has 6 heteroatoms. The first-order valence-electron chi connectivity index (χ1n) is 8.05. The summed E-state index contributed by atoms with van der Waals surface area (Å²) in [6, 6.07) is 14.0. The minimum absolute atomic E-state index is 0.00352. The van der Waals surface area contributed by atoms with E-state index in [1.165, 1.54) is 14.0 Å². The van der Waals surface area contributed by atoms with Crippen LogP contribution in [-0.2, 0) is 6.54 Å². The maximum Gasteiger partial charge on any atom is 0.287 e. The molecule has 0 aliphatic carbocycles. The van der Waals surface area contributed by atoms with Crippen molar-refractivity contribution in [2.75, 3.05) is 7.11 Å². The molecule has 0 bridgehead atoms. The van der Waals surface area contributed by atoms with E-state index in [4.69, 9.17) is 9.15 Å². The van der Waals surface area contributed by atoms with Crippen LogP contribution in [0.5, 0.6) is 5.88 Å². The average Bonchev–Trinajstić information content (AvgIpc) is 3.16. The van der Waals surface area contributed by atoms with E-state index in [-0.39, 0.29) is 17.5 Å². The molecular formula is C20H18N2O4. The Morgan fingerprint density at radius 3 is 2.58 bits per heavy atom.